The third kappa shape index (κ3) is 4.56. The van der Waals surface area contributed by atoms with Gasteiger partial charge in [0.15, 0.2) is 0 Å². The number of thioether (sulfide) groups is 1. The Bertz CT molecular complexity index is 698. The Labute approximate surface area is 147 Å². The number of carbonyl (C=O) groups excluding carboxylic acids is 1. The highest BCUT2D eigenvalue weighted by Gasteiger charge is 2.19. The van der Waals surface area contributed by atoms with Crippen LogP contribution in [-0.2, 0) is 4.79 Å². The summed E-state index contributed by atoms with van der Waals surface area (Å²) in [5.41, 5.74) is 3.24. The van der Waals surface area contributed by atoms with Crippen molar-refractivity contribution in [2.45, 2.75) is 51.4 Å². The van der Waals surface area contributed by atoms with Gasteiger partial charge in [0.25, 0.3) is 0 Å². The number of aryl methyl sites for hydroxylation is 1. The molecule has 0 aliphatic heterocycles. The van der Waals surface area contributed by atoms with Crippen LogP contribution in [0.3, 0.4) is 0 Å². The van der Waals surface area contributed by atoms with Crippen LogP contribution in [0.5, 0.6) is 0 Å². The average Bonchev–Trinajstić information content (AvgIpc) is 2.97. The van der Waals surface area contributed by atoms with E-state index in [1.165, 1.54) is 17.3 Å². The zero-order valence-corrected chi connectivity index (χ0v) is 15.7. The fourth-order valence-electron chi connectivity index (χ4n) is 2.21. The predicted molar refractivity (Wildman–Crippen MR) is 96.4 cm³/mol. The standard InChI is InChI=1S/C17H25N5OS/c1-11(2)9-10-18-16(23)14(5)24-17-19-20-21-22(17)15-8-6-7-12(3)13(15)4/h6-8,11,14H,9-10H2,1-5H3,(H,18,23). The maximum absolute atomic E-state index is 12.2. The van der Waals surface area contributed by atoms with E-state index in [0.29, 0.717) is 17.6 Å². The van der Waals surface area contributed by atoms with Gasteiger partial charge in [0.1, 0.15) is 0 Å². The summed E-state index contributed by atoms with van der Waals surface area (Å²) in [6, 6.07) is 6.02. The summed E-state index contributed by atoms with van der Waals surface area (Å²) in [5, 5.41) is 15.3. The van der Waals surface area contributed by atoms with E-state index in [2.05, 4.69) is 47.7 Å². The van der Waals surface area contributed by atoms with Gasteiger partial charge in [0, 0.05) is 6.54 Å². The van der Waals surface area contributed by atoms with Gasteiger partial charge in [-0.2, -0.15) is 4.68 Å². The van der Waals surface area contributed by atoms with Crippen LogP contribution in [0.15, 0.2) is 23.4 Å². The molecule has 1 atom stereocenters. The highest BCUT2D eigenvalue weighted by molar-refractivity contribution is 8.00. The summed E-state index contributed by atoms with van der Waals surface area (Å²) in [6.07, 6.45) is 0.976. The Morgan fingerprint density at radius 1 is 1.29 bits per heavy atom. The maximum Gasteiger partial charge on any atom is 0.233 e. The van der Waals surface area contributed by atoms with Crippen LogP contribution in [0, 0.1) is 19.8 Å². The SMILES string of the molecule is Cc1cccc(-n2nnnc2SC(C)C(=O)NCCC(C)C)c1C. The summed E-state index contributed by atoms with van der Waals surface area (Å²) in [4.78, 5) is 12.2. The second-order valence-electron chi connectivity index (χ2n) is 6.33. The summed E-state index contributed by atoms with van der Waals surface area (Å²) >= 11 is 1.37. The van der Waals surface area contributed by atoms with E-state index in [1.807, 2.05) is 26.0 Å². The third-order valence-electron chi connectivity index (χ3n) is 3.92. The number of nitrogens with zero attached hydrogens (tertiary/aromatic N) is 4. The molecule has 1 heterocycles. The van der Waals surface area contributed by atoms with Crippen molar-refractivity contribution in [2.24, 2.45) is 5.92 Å². The molecule has 1 aromatic carbocycles. The summed E-state index contributed by atoms with van der Waals surface area (Å²) in [6.45, 7) is 11.0. The van der Waals surface area contributed by atoms with Crippen molar-refractivity contribution >= 4 is 17.7 Å². The van der Waals surface area contributed by atoms with Gasteiger partial charge in [0.05, 0.1) is 10.9 Å². The van der Waals surface area contributed by atoms with Crippen molar-refractivity contribution in [1.82, 2.24) is 25.5 Å². The van der Waals surface area contributed by atoms with Crippen molar-refractivity contribution in [3.05, 3.63) is 29.3 Å². The number of amides is 1. The van der Waals surface area contributed by atoms with Gasteiger partial charge in [-0.1, -0.05) is 37.7 Å². The van der Waals surface area contributed by atoms with Gasteiger partial charge in [-0.15, -0.1) is 5.10 Å². The smallest absolute Gasteiger partial charge is 0.233 e. The number of tetrazole rings is 1. The van der Waals surface area contributed by atoms with Crippen LogP contribution in [0.2, 0.25) is 0 Å². The maximum atomic E-state index is 12.2. The molecule has 24 heavy (non-hydrogen) atoms. The lowest BCUT2D eigenvalue weighted by Crippen LogP contribution is -2.32. The van der Waals surface area contributed by atoms with Crippen LogP contribution in [0.4, 0.5) is 0 Å². The Morgan fingerprint density at radius 2 is 2.04 bits per heavy atom. The lowest BCUT2D eigenvalue weighted by molar-refractivity contribution is -0.120. The second-order valence-corrected chi connectivity index (χ2v) is 7.63. The first-order valence-electron chi connectivity index (χ1n) is 8.19. The Hall–Kier alpha value is -1.89. The molecule has 0 aliphatic carbocycles. The molecule has 1 N–H and O–H groups in total. The number of hydrogen-bond donors (Lipinski definition) is 1. The van der Waals surface area contributed by atoms with Crippen LogP contribution in [-0.4, -0.2) is 37.9 Å². The van der Waals surface area contributed by atoms with Gasteiger partial charge < -0.3 is 5.32 Å². The number of hydrogen-bond acceptors (Lipinski definition) is 5. The molecule has 0 saturated carbocycles. The zero-order valence-electron chi connectivity index (χ0n) is 14.9. The van der Waals surface area contributed by atoms with E-state index in [1.54, 1.807) is 4.68 Å². The van der Waals surface area contributed by atoms with E-state index in [0.717, 1.165) is 17.7 Å². The first-order chi connectivity index (χ1) is 11.4. The van der Waals surface area contributed by atoms with Gasteiger partial charge >= 0.3 is 0 Å². The normalized spacial score (nSPS) is 12.4. The molecule has 1 unspecified atom stereocenters. The lowest BCUT2D eigenvalue weighted by atomic mass is 10.1. The molecular weight excluding hydrogens is 322 g/mol. The third-order valence-corrected chi connectivity index (χ3v) is 4.95. The number of benzene rings is 1. The minimum atomic E-state index is -0.257. The predicted octanol–water partition coefficient (Wildman–Crippen LogP) is 2.92. The topological polar surface area (TPSA) is 72.7 Å². The molecule has 0 radical (unpaired) electrons. The molecular formula is C17H25N5OS. The molecule has 0 bridgehead atoms. The van der Waals surface area contributed by atoms with Crippen molar-refractivity contribution < 1.29 is 4.79 Å². The first-order valence-corrected chi connectivity index (χ1v) is 9.07. The van der Waals surface area contributed by atoms with E-state index in [9.17, 15) is 4.79 Å². The van der Waals surface area contributed by atoms with Crippen LogP contribution in [0.25, 0.3) is 5.69 Å². The second kappa shape index (κ2) is 8.28. The Kier molecular flexibility index (Phi) is 6.36. The molecule has 1 aromatic heterocycles. The largest absolute Gasteiger partial charge is 0.355 e. The van der Waals surface area contributed by atoms with Crippen molar-refractivity contribution in [3.8, 4) is 5.69 Å². The highest BCUT2D eigenvalue weighted by Crippen LogP contribution is 2.25. The molecule has 7 heteroatoms. The average molecular weight is 347 g/mol. The summed E-state index contributed by atoms with van der Waals surface area (Å²) < 4.78 is 1.70. The highest BCUT2D eigenvalue weighted by atomic mass is 32.2. The molecule has 0 spiro atoms. The van der Waals surface area contributed by atoms with Crippen molar-refractivity contribution in [3.63, 3.8) is 0 Å². The van der Waals surface area contributed by atoms with Crippen LogP contribution in [0.1, 0.15) is 38.3 Å². The summed E-state index contributed by atoms with van der Waals surface area (Å²) in [7, 11) is 0. The van der Waals surface area contributed by atoms with Crippen molar-refractivity contribution in [2.75, 3.05) is 6.54 Å². The van der Waals surface area contributed by atoms with Gasteiger partial charge in [-0.05, 0) is 60.7 Å². The first kappa shape index (κ1) is 18.4. The molecule has 0 fully saturated rings. The van der Waals surface area contributed by atoms with E-state index < -0.39 is 0 Å². The molecule has 0 saturated heterocycles. The van der Waals surface area contributed by atoms with Gasteiger partial charge in [0.2, 0.25) is 11.1 Å². The van der Waals surface area contributed by atoms with E-state index in [-0.39, 0.29) is 11.2 Å². The number of carbonyl (C=O) groups is 1. The van der Waals surface area contributed by atoms with E-state index >= 15 is 0 Å². The Morgan fingerprint density at radius 3 is 2.75 bits per heavy atom. The zero-order chi connectivity index (χ0) is 17.7. The minimum absolute atomic E-state index is 0.0103. The molecule has 6 nitrogen and oxygen atoms in total. The lowest BCUT2D eigenvalue weighted by Gasteiger charge is -2.13. The number of rotatable bonds is 7. The fraction of sp³-hybridized carbons (Fsp3) is 0.529. The molecule has 2 rings (SSSR count). The van der Waals surface area contributed by atoms with Gasteiger partial charge in [-0.3, -0.25) is 4.79 Å². The minimum Gasteiger partial charge on any atom is -0.355 e. The van der Waals surface area contributed by atoms with Crippen LogP contribution < -0.4 is 5.32 Å². The molecule has 0 aliphatic rings. The van der Waals surface area contributed by atoms with Crippen LogP contribution >= 0.6 is 11.8 Å². The van der Waals surface area contributed by atoms with Gasteiger partial charge in [-0.25, -0.2) is 0 Å². The molecule has 1 amide bonds. The van der Waals surface area contributed by atoms with E-state index in [4.69, 9.17) is 0 Å². The Balaban J connectivity index is 2.08. The number of aromatic nitrogens is 4. The summed E-state index contributed by atoms with van der Waals surface area (Å²) in [5.74, 6) is 0.584. The monoisotopic (exact) mass is 347 g/mol. The quantitative estimate of drug-likeness (QED) is 0.780. The van der Waals surface area contributed by atoms with Crippen molar-refractivity contribution in [1.29, 1.82) is 0 Å². The molecule has 130 valence electrons. The number of nitrogens with one attached hydrogen (secondary N) is 1. The fourth-order valence-corrected chi connectivity index (χ4v) is 3.03. The molecule has 2 aromatic rings.